The van der Waals surface area contributed by atoms with E-state index < -0.39 is 0 Å². The maximum Gasteiger partial charge on any atom is 0.0466 e. The van der Waals surface area contributed by atoms with Gasteiger partial charge in [0.2, 0.25) is 0 Å². The van der Waals surface area contributed by atoms with E-state index in [1.807, 2.05) is 0 Å². The lowest BCUT2D eigenvalue weighted by Gasteiger charge is -2.04. The van der Waals surface area contributed by atoms with Crippen LogP contribution in [0.1, 0.15) is 64.2 Å². The monoisotopic (exact) mass is 244 g/mol. The van der Waals surface area contributed by atoms with Gasteiger partial charge in [-0.3, -0.25) is 0 Å². The third-order valence-corrected chi connectivity index (χ3v) is 2.99. The molecule has 3 nitrogen and oxygen atoms in total. The predicted octanol–water partition coefficient (Wildman–Crippen LogP) is 2.82. The van der Waals surface area contributed by atoms with Crippen molar-refractivity contribution in [1.29, 1.82) is 0 Å². The summed E-state index contributed by atoms with van der Waals surface area (Å²) < 4.78 is 5.59. The minimum absolute atomic E-state index is 0.824. The van der Waals surface area contributed by atoms with Crippen molar-refractivity contribution in [1.82, 2.24) is 0 Å². The molecule has 0 aromatic carbocycles. The minimum Gasteiger partial charge on any atom is -0.381 e. The zero-order valence-corrected chi connectivity index (χ0v) is 11.5. The van der Waals surface area contributed by atoms with Gasteiger partial charge in [-0.2, -0.15) is 0 Å². The predicted molar refractivity (Wildman–Crippen MR) is 75.1 cm³/mol. The van der Waals surface area contributed by atoms with Crippen LogP contribution >= 0.6 is 0 Å². The average molecular weight is 244 g/mol. The van der Waals surface area contributed by atoms with Crippen molar-refractivity contribution in [3.63, 3.8) is 0 Å². The fourth-order valence-electron chi connectivity index (χ4n) is 1.86. The molecule has 0 bridgehead atoms. The van der Waals surface area contributed by atoms with E-state index in [2.05, 4.69) is 0 Å². The quantitative estimate of drug-likeness (QED) is 0.462. The van der Waals surface area contributed by atoms with Crippen molar-refractivity contribution < 1.29 is 4.74 Å². The van der Waals surface area contributed by atoms with Crippen LogP contribution < -0.4 is 11.5 Å². The van der Waals surface area contributed by atoms with Gasteiger partial charge in [0.05, 0.1) is 0 Å². The zero-order valence-electron chi connectivity index (χ0n) is 11.5. The SMILES string of the molecule is NCCCCCCCCOCCCCCCN. The molecule has 0 rings (SSSR count). The van der Waals surface area contributed by atoms with E-state index in [0.717, 1.165) is 32.7 Å². The van der Waals surface area contributed by atoms with Gasteiger partial charge in [0.1, 0.15) is 0 Å². The van der Waals surface area contributed by atoms with Crippen LogP contribution in [0.2, 0.25) is 0 Å². The fourth-order valence-corrected chi connectivity index (χ4v) is 1.86. The van der Waals surface area contributed by atoms with Gasteiger partial charge in [-0.25, -0.2) is 0 Å². The molecule has 0 saturated carbocycles. The molecule has 0 radical (unpaired) electrons. The molecule has 0 amide bonds. The summed E-state index contributed by atoms with van der Waals surface area (Å²) in [4.78, 5) is 0. The van der Waals surface area contributed by atoms with Gasteiger partial charge in [-0.05, 0) is 38.8 Å². The van der Waals surface area contributed by atoms with E-state index in [1.54, 1.807) is 0 Å². The van der Waals surface area contributed by atoms with Crippen molar-refractivity contribution in [3.8, 4) is 0 Å². The van der Waals surface area contributed by atoms with E-state index in [1.165, 1.54) is 57.8 Å². The molecule has 4 N–H and O–H groups in total. The molecular formula is C14H32N2O. The maximum absolute atomic E-state index is 5.59. The van der Waals surface area contributed by atoms with Crippen LogP contribution in [0.15, 0.2) is 0 Å². The number of nitrogens with two attached hydrogens (primary N) is 2. The van der Waals surface area contributed by atoms with Crippen molar-refractivity contribution in [2.45, 2.75) is 64.2 Å². The molecule has 17 heavy (non-hydrogen) atoms. The lowest BCUT2D eigenvalue weighted by atomic mass is 10.1. The van der Waals surface area contributed by atoms with Gasteiger partial charge < -0.3 is 16.2 Å². The van der Waals surface area contributed by atoms with Crippen molar-refractivity contribution in [2.75, 3.05) is 26.3 Å². The number of ether oxygens (including phenoxy) is 1. The molecule has 0 saturated heterocycles. The summed E-state index contributed by atoms with van der Waals surface area (Å²) in [6.45, 7) is 3.53. The smallest absolute Gasteiger partial charge is 0.0466 e. The highest BCUT2D eigenvalue weighted by atomic mass is 16.5. The summed E-state index contributed by atoms with van der Waals surface area (Å²) in [6.07, 6.45) is 12.5. The first kappa shape index (κ1) is 16.9. The second kappa shape index (κ2) is 15.9. The second-order valence-electron chi connectivity index (χ2n) is 4.73. The second-order valence-corrected chi connectivity index (χ2v) is 4.73. The Bertz CT molecular complexity index is 117. The normalized spacial score (nSPS) is 10.9. The van der Waals surface area contributed by atoms with Crippen LogP contribution in [0, 0.1) is 0 Å². The lowest BCUT2D eigenvalue weighted by molar-refractivity contribution is 0.125. The summed E-state index contributed by atoms with van der Waals surface area (Å²) in [6, 6.07) is 0. The van der Waals surface area contributed by atoms with Crippen LogP contribution in [0.4, 0.5) is 0 Å². The molecule has 0 aliphatic rings. The Morgan fingerprint density at radius 2 is 0.824 bits per heavy atom. The highest BCUT2D eigenvalue weighted by Gasteiger charge is 1.92. The summed E-state index contributed by atoms with van der Waals surface area (Å²) >= 11 is 0. The fraction of sp³-hybridized carbons (Fsp3) is 1.00. The zero-order chi connectivity index (χ0) is 12.6. The Labute approximate surface area is 107 Å². The molecule has 0 heterocycles. The molecule has 0 aliphatic heterocycles. The van der Waals surface area contributed by atoms with Gasteiger partial charge in [0.25, 0.3) is 0 Å². The van der Waals surface area contributed by atoms with Crippen molar-refractivity contribution >= 4 is 0 Å². The number of rotatable bonds is 14. The molecule has 0 atom stereocenters. The summed E-state index contributed by atoms with van der Waals surface area (Å²) in [7, 11) is 0. The largest absolute Gasteiger partial charge is 0.381 e. The molecule has 0 aromatic heterocycles. The van der Waals surface area contributed by atoms with E-state index >= 15 is 0 Å². The molecule has 0 aliphatic carbocycles. The summed E-state index contributed by atoms with van der Waals surface area (Å²) in [5.41, 5.74) is 10.9. The van der Waals surface area contributed by atoms with Crippen LogP contribution in [0.5, 0.6) is 0 Å². The highest BCUT2D eigenvalue weighted by molar-refractivity contribution is 4.46. The van der Waals surface area contributed by atoms with Crippen LogP contribution in [-0.4, -0.2) is 26.3 Å². The molecule has 0 unspecified atom stereocenters. The summed E-state index contributed by atoms with van der Waals surface area (Å²) in [5, 5.41) is 0. The molecule has 104 valence electrons. The number of unbranched alkanes of at least 4 members (excludes halogenated alkanes) is 8. The first-order valence-electron chi connectivity index (χ1n) is 7.39. The molecular weight excluding hydrogens is 212 g/mol. The lowest BCUT2D eigenvalue weighted by Crippen LogP contribution is -2.00. The first-order valence-corrected chi connectivity index (χ1v) is 7.39. The first-order chi connectivity index (χ1) is 8.41. The van der Waals surface area contributed by atoms with Crippen molar-refractivity contribution in [2.24, 2.45) is 11.5 Å². The van der Waals surface area contributed by atoms with E-state index in [9.17, 15) is 0 Å². The van der Waals surface area contributed by atoms with Gasteiger partial charge in [-0.15, -0.1) is 0 Å². The Morgan fingerprint density at radius 1 is 0.471 bits per heavy atom. The third-order valence-electron chi connectivity index (χ3n) is 2.99. The van der Waals surface area contributed by atoms with Gasteiger partial charge in [0, 0.05) is 13.2 Å². The highest BCUT2D eigenvalue weighted by Crippen LogP contribution is 2.05. The molecule has 0 fully saturated rings. The Morgan fingerprint density at radius 3 is 1.24 bits per heavy atom. The van der Waals surface area contributed by atoms with Crippen LogP contribution in [0.25, 0.3) is 0 Å². The summed E-state index contributed by atoms with van der Waals surface area (Å²) in [5.74, 6) is 0. The number of hydrogen-bond acceptors (Lipinski definition) is 3. The molecule has 0 aromatic rings. The number of hydrogen-bond donors (Lipinski definition) is 2. The van der Waals surface area contributed by atoms with E-state index in [0.29, 0.717) is 0 Å². The third kappa shape index (κ3) is 15.9. The standard InChI is InChI=1S/C14H32N2O/c15-11-7-3-1-2-5-9-13-17-14-10-6-4-8-12-16/h1-16H2. The van der Waals surface area contributed by atoms with Gasteiger partial charge >= 0.3 is 0 Å². The van der Waals surface area contributed by atoms with Crippen molar-refractivity contribution in [3.05, 3.63) is 0 Å². The Hall–Kier alpha value is -0.120. The Balaban J connectivity index is 2.85. The van der Waals surface area contributed by atoms with E-state index in [-0.39, 0.29) is 0 Å². The minimum atomic E-state index is 0.824. The Kier molecular flexibility index (Phi) is 15.8. The van der Waals surface area contributed by atoms with Gasteiger partial charge in [0.15, 0.2) is 0 Å². The maximum atomic E-state index is 5.59. The topological polar surface area (TPSA) is 61.3 Å². The average Bonchev–Trinajstić information content (AvgIpc) is 2.35. The van der Waals surface area contributed by atoms with Crippen LogP contribution in [0.3, 0.4) is 0 Å². The molecule has 0 spiro atoms. The van der Waals surface area contributed by atoms with Crippen LogP contribution in [-0.2, 0) is 4.74 Å². The molecule has 3 heteroatoms. The van der Waals surface area contributed by atoms with E-state index in [4.69, 9.17) is 16.2 Å². The van der Waals surface area contributed by atoms with Gasteiger partial charge in [-0.1, -0.05) is 38.5 Å².